The van der Waals surface area contributed by atoms with Crippen molar-refractivity contribution in [1.82, 2.24) is 24.7 Å². The van der Waals surface area contributed by atoms with E-state index in [1.54, 1.807) is 17.7 Å². The van der Waals surface area contributed by atoms with Crippen molar-refractivity contribution in [2.24, 2.45) is 0 Å². The van der Waals surface area contributed by atoms with Gasteiger partial charge in [-0.05, 0) is 28.9 Å². The van der Waals surface area contributed by atoms with Crippen LogP contribution < -0.4 is 0 Å². The fourth-order valence-corrected chi connectivity index (χ4v) is 2.34. The van der Waals surface area contributed by atoms with Gasteiger partial charge < -0.3 is 8.98 Å². The van der Waals surface area contributed by atoms with E-state index in [1.807, 2.05) is 6.07 Å². The van der Waals surface area contributed by atoms with Gasteiger partial charge in [-0.2, -0.15) is 13.2 Å². The van der Waals surface area contributed by atoms with Gasteiger partial charge in [0.1, 0.15) is 18.8 Å². The summed E-state index contributed by atoms with van der Waals surface area (Å²) >= 11 is 3.32. The minimum atomic E-state index is -4.38. The van der Waals surface area contributed by atoms with Crippen molar-refractivity contribution in [3.63, 3.8) is 0 Å². The Kier molecular flexibility index (Phi) is 3.63. The first kappa shape index (κ1) is 14.9. The van der Waals surface area contributed by atoms with Gasteiger partial charge in [-0.15, -0.1) is 10.2 Å². The van der Waals surface area contributed by atoms with E-state index in [2.05, 4.69) is 36.1 Å². The van der Waals surface area contributed by atoms with Crippen LogP contribution >= 0.6 is 15.9 Å². The molecule has 0 aliphatic rings. The Hall–Kier alpha value is -1.97. The third-order valence-corrected chi connectivity index (χ3v) is 3.35. The first-order valence-corrected chi connectivity index (χ1v) is 6.97. The van der Waals surface area contributed by atoms with Crippen LogP contribution in [0.4, 0.5) is 13.2 Å². The van der Waals surface area contributed by atoms with Crippen molar-refractivity contribution >= 4 is 27.1 Å². The monoisotopic (exact) mass is 375 g/mol. The molecule has 0 bridgehead atoms. The quantitative estimate of drug-likeness (QED) is 0.703. The van der Waals surface area contributed by atoms with E-state index in [1.165, 1.54) is 0 Å². The Bertz CT molecular complexity index is 826. The molecule has 3 aromatic rings. The Balaban J connectivity index is 1.90. The first-order chi connectivity index (χ1) is 10.3. The van der Waals surface area contributed by atoms with Crippen LogP contribution in [-0.2, 0) is 13.0 Å². The third kappa shape index (κ3) is 3.11. The van der Waals surface area contributed by atoms with Crippen molar-refractivity contribution in [3.05, 3.63) is 34.3 Å². The second kappa shape index (κ2) is 5.34. The van der Waals surface area contributed by atoms with Crippen LogP contribution in [0.5, 0.6) is 0 Å². The average molecular weight is 376 g/mol. The van der Waals surface area contributed by atoms with Crippen molar-refractivity contribution in [2.75, 3.05) is 0 Å². The molecule has 0 N–H and O–H groups in total. The Morgan fingerprint density at radius 2 is 2.00 bits per heavy atom. The third-order valence-electron chi connectivity index (χ3n) is 2.92. The molecule has 0 saturated heterocycles. The number of hydrogen-bond acceptors (Lipinski definition) is 5. The molecule has 0 aliphatic carbocycles. The SMILES string of the molecule is Cc1nc2ncc(Br)cc2n1Cc1nnc(CC(F)(F)F)o1. The van der Waals surface area contributed by atoms with E-state index < -0.39 is 18.5 Å². The van der Waals surface area contributed by atoms with Crippen LogP contribution in [0.3, 0.4) is 0 Å². The van der Waals surface area contributed by atoms with E-state index in [-0.39, 0.29) is 12.4 Å². The molecule has 3 heterocycles. The van der Waals surface area contributed by atoms with Crippen LogP contribution in [0.25, 0.3) is 11.2 Å². The normalized spacial score (nSPS) is 12.2. The second-order valence-electron chi connectivity index (χ2n) is 4.62. The van der Waals surface area contributed by atoms with Crippen molar-refractivity contribution in [2.45, 2.75) is 26.1 Å². The van der Waals surface area contributed by atoms with Crippen LogP contribution in [0.2, 0.25) is 0 Å². The lowest BCUT2D eigenvalue weighted by Gasteiger charge is -2.03. The van der Waals surface area contributed by atoms with Crippen LogP contribution in [0.15, 0.2) is 21.2 Å². The van der Waals surface area contributed by atoms with Crippen LogP contribution in [-0.4, -0.2) is 30.9 Å². The number of alkyl halides is 3. The number of pyridine rings is 1. The number of imidazole rings is 1. The fraction of sp³-hybridized carbons (Fsp3) is 0.333. The summed E-state index contributed by atoms with van der Waals surface area (Å²) in [6, 6.07) is 1.81. The van der Waals surface area contributed by atoms with E-state index in [0.717, 1.165) is 9.99 Å². The minimum Gasteiger partial charge on any atom is -0.423 e. The highest BCUT2D eigenvalue weighted by atomic mass is 79.9. The number of aromatic nitrogens is 5. The molecule has 10 heteroatoms. The van der Waals surface area contributed by atoms with E-state index in [9.17, 15) is 13.2 Å². The van der Waals surface area contributed by atoms with Gasteiger partial charge in [0.2, 0.25) is 11.8 Å². The summed E-state index contributed by atoms with van der Waals surface area (Å²) in [5.74, 6) is 0.279. The smallest absolute Gasteiger partial charge is 0.397 e. The number of rotatable bonds is 3. The van der Waals surface area contributed by atoms with Gasteiger partial charge in [-0.3, -0.25) is 0 Å². The molecule has 0 atom stereocenters. The van der Waals surface area contributed by atoms with Gasteiger partial charge in [-0.25, -0.2) is 9.97 Å². The molecule has 116 valence electrons. The Labute approximate surface area is 130 Å². The summed E-state index contributed by atoms with van der Waals surface area (Å²) in [5.41, 5.74) is 1.26. The molecule has 0 aliphatic heterocycles. The molecular formula is C12H9BrF3N5O. The van der Waals surface area contributed by atoms with Gasteiger partial charge in [0.05, 0.1) is 5.52 Å². The van der Waals surface area contributed by atoms with Gasteiger partial charge in [-0.1, -0.05) is 0 Å². The largest absolute Gasteiger partial charge is 0.423 e. The van der Waals surface area contributed by atoms with E-state index >= 15 is 0 Å². The summed E-state index contributed by atoms with van der Waals surface area (Å²) in [4.78, 5) is 8.44. The first-order valence-electron chi connectivity index (χ1n) is 6.18. The highest BCUT2D eigenvalue weighted by Crippen LogP contribution is 2.22. The average Bonchev–Trinajstić information content (AvgIpc) is 2.94. The predicted octanol–water partition coefficient (Wildman–Crippen LogP) is 3.04. The maximum Gasteiger partial charge on any atom is 0.397 e. The number of halogens is 4. The number of aryl methyl sites for hydroxylation is 1. The van der Waals surface area contributed by atoms with E-state index in [4.69, 9.17) is 4.42 Å². The molecular weight excluding hydrogens is 367 g/mol. The molecule has 3 aromatic heterocycles. The molecule has 0 amide bonds. The van der Waals surface area contributed by atoms with Gasteiger partial charge >= 0.3 is 6.18 Å². The summed E-state index contributed by atoms with van der Waals surface area (Å²) in [6.07, 6.45) is -4.00. The fourth-order valence-electron chi connectivity index (χ4n) is 2.02. The van der Waals surface area contributed by atoms with Crippen molar-refractivity contribution in [3.8, 4) is 0 Å². The second-order valence-corrected chi connectivity index (χ2v) is 5.54. The topological polar surface area (TPSA) is 69.6 Å². The van der Waals surface area contributed by atoms with Gasteiger partial charge in [0, 0.05) is 10.7 Å². The van der Waals surface area contributed by atoms with E-state index in [0.29, 0.717) is 11.5 Å². The van der Waals surface area contributed by atoms with Crippen molar-refractivity contribution in [1.29, 1.82) is 0 Å². The molecule has 0 saturated carbocycles. The number of hydrogen-bond donors (Lipinski definition) is 0. The summed E-state index contributed by atoms with van der Waals surface area (Å²) in [7, 11) is 0. The summed E-state index contributed by atoms with van der Waals surface area (Å²) in [5, 5.41) is 7.06. The Morgan fingerprint density at radius 1 is 1.27 bits per heavy atom. The molecule has 0 fully saturated rings. The molecule has 6 nitrogen and oxygen atoms in total. The molecule has 0 radical (unpaired) electrons. The predicted molar refractivity (Wildman–Crippen MR) is 73.1 cm³/mol. The van der Waals surface area contributed by atoms with Gasteiger partial charge in [0.15, 0.2) is 5.65 Å². The lowest BCUT2D eigenvalue weighted by molar-refractivity contribution is -0.130. The summed E-state index contributed by atoms with van der Waals surface area (Å²) in [6.45, 7) is 1.90. The highest BCUT2D eigenvalue weighted by Gasteiger charge is 2.31. The van der Waals surface area contributed by atoms with Crippen LogP contribution in [0.1, 0.15) is 17.6 Å². The van der Waals surface area contributed by atoms with Crippen molar-refractivity contribution < 1.29 is 17.6 Å². The zero-order valence-corrected chi connectivity index (χ0v) is 12.8. The zero-order valence-electron chi connectivity index (χ0n) is 11.2. The molecule has 0 unspecified atom stereocenters. The molecule has 3 rings (SSSR count). The van der Waals surface area contributed by atoms with Crippen LogP contribution in [0, 0.1) is 6.92 Å². The highest BCUT2D eigenvalue weighted by molar-refractivity contribution is 9.10. The number of nitrogens with zero attached hydrogens (tertiary/aromatic N) is 5. The molecule has 0 aromatic carbocycles. The molecule has 0 spiro atoms. The number of fused-ring (bicyclic) bond motifs is 1. The maximum atomic E-state index is 12.3. The molecule has 22 heavy (non-hydrogen) atoms. The minimum absolute atomic E-state index is 0.0848. The maximum absolute atomic E-state index is 12.3. The Morgan fingerprint density at radius 3 is 2.73 bits per heavy atom. The summed E-state index contributed by atoms with van der Waals surface area (Å²) < 4.78 is 44.4. The standard InChI is InChI=1S/C12H9BrF3N5O/c1-6-18-11-8(2-7(13)4-17-11)21(6)5-10-20-19-9(22-10)3-12(14,15)16/h2,4H,3,5H2,1H3. The zero-order chi connectivity index (χ0) is 15.9. The lowest BCUT2D eigenvalue weighted by atomic mass is 10.4. The van der Waals surface area contributed by atoms with Gasteiger partial charge in [0.25, 0.3) is 0 Å². The lowest BCUT2D eigenvalue weighted by Crippen LogP contribution is -2.11.